The molecule has 0 radical (unpaired) electrons. The fraction of sp³-hybridized carbons (Fsp3) is 0.312. The Balaban J connectivity index is 1.55. The third kappa shape index (κ3) is 3.56. The molecule has 1 saturated heterocycles. The molecule has 1 aliphatic heterocycles. The van der Waals surface area contributed by atoms with Gasteiger partial charge in [-0.05, 0) is 31.2 Å². The van der Waals surface area contributed by atoms with Crippen molar-refractivity contribution in [3.05, 3.63) is 54.2 Å². The van der Waals surface area contributed by atoms with Crippen molar-refractivity contribution in [1.29, 1.82) is 0 Å². The molecule has 5 nitrogen and oxygen atoms in total. The number of rotatable bonds is 3. The Morgan fingerprint density at radius 1 is 0.952 bits per heavy atom. The summed E-state index contributed by atoms with van der Waals surface area (Å²) in [6.07, 6.45) is 1.83. The molecule has 1 aliphatic rings. The Bertz CT molecular complexity index is 586. The lowest BCUT2D eigenvalue weighted by molar-refractivity contribution is 0.253. The highest BCUT2D eigenvalue weighted by atomic mass is 15.6. The number of aryl methyl sites for hydroxylation is 1. The Labute approximate surface area is 124 Å². The number of anilines is 1. The minimum atomic E-state index is 0.867. The first-order chi connectivity index (χ1) is 10.3. The summed E-state index contributed by atoms with van der Waals surface area (Å²) in [7, 11) is 0. The number of pyridine rings is 1. The smallest absolute Gasteiger partial charge is 0.128 e. The first-order valence-corrected chi connectivity index (χ1v) is 7.20. The van der Waals surface area contributed by atoms with E-state index in [0.29, 0.717) is 0 Å². The van der Waals surface area contributed by atoms with Gasteiger partial charge in [-0.15, -0.1) is 5.11 Å². The molecular formula is C16H19N5. The molecule has 0 saturated carbocycles. The van der Waals surface area contributed by atoms with Crippen LogP contribution >= 0.6 is 0 Å². The average molecular weight is 281 g/mol. The molecule has 0 aliphatic carbocycles. The molecule has 0 spiro atoms. The zero-order chi connectivity index (χ0) is 14.5. The SMILES string of the molecule is Cc1ccc(N=NN2CCN(c3ccccn3)CC2)cc1. The summed E-state index contributed by atoms with van der Waals surface area (Å²) >= 11 is 0. The molecule has 0 unspecified atom stereocenters. The number of hydrogen-bond acceptors (Lipinski definition) is 4. The molecular weight excluding hydrogens is 262 g/mol. The van der Waals surface area contributed by atoms with Crippen molar-refractivity contribution in [2.24, 2.45) is 10.3 Å². The highest BCUT2D eigenvalue weighted by Gasteiger charge is 2.16. The van der Waals surface area contributed by atoms with Gasteiger partial charge in [-0.2, -0.15) is 0 Å². The van der Waals surface area contributed by atoms with Crippen LogP contribution in [0, 0.1) is 6.92 Å². The molecule has 1 aromatic carbocycles. The highest BCUT2D eigenvalue weighted by molar-refractivity contribution is 5.38. The van der Waals surface area contributed by atoms with Gasteiger partial charge >= 0.3 is 0 Å². The van der Waals surface area contributed by atoms with Crippen molar-refractivity contribution in [2.45, 2.75) is 6.92 Å². The Morgan fingerprint density at radius 3 is 2.38 bits per heavy atom. The lowest BCUT2D eigenvalue weighted by Crippen LogP contribution is -2.44. The Kier molecular flexibility index (Phi) is 4.09. The van der Waals surface area contributed by atoms with Crippen LogP contribution in [0.3, 0.4) is 0 Å². The van der Waals surface area contributed by atoms with Gasteiger partial charge in [0.1, 0.15) is 5.82 Å². The zero-order valence-corrected chi connectivity index (χ0v) is 12.2. The second-order valence-electron chi connectivity index (χ2n) is 5.15. The first-order valence-electron chi connectivity index (χ1n) is 7.20. The van der Waals surface area contributed by atoms with E-state index in [0.717, 1.165) is 37.7 Å². The summed E-state index contributed by atoms with van der Waals surface area (Å²) in [5.74, 6) is 1.03. The minimum absolute atomic E-state index is 0.867. The molecule has 5 heteroatoms. The van der Waals surface area contributed by atoms with Gasteiger partial charge in [0, 0.05) is 19.3 Å². The third-order valence-corrected chi connectivity index (χ3v) is 3.55. The lowest BCUT2D eigenvalue weighted by Gasteiger charge is -2.32. The van der Waals surface area contributed by atoms with Gasteiger partial charge in [-0.25, -0.2) is 4.98 Å². The van der Waals surface area contributed by atoms with Crippen molar-refractivity contribution in [1.82, 2.24) is 9.99 Å². The van der Waals surface area contributed by atoms with E-state index in [1.807, 2.05) is 53.7 Å². The zero-order valence-electron chi connectivity index (χ0n) is 12.2. The molecule has 3 rings (SSSR count). The van der Waals surface area contributed by atoms with Gasteiger partial charge in [0.25, 0.3) is 0 Å². The van der Waals surface area contributed by atoms with Crippen LogP contribution in [-0.2, 0) is 0 Å². The largest absolute Gasteiger partial charge is 0.353 e. The maximum Gasteiger partial charge on any atom is 0.128 e. The van der Waals surface area contributed by atoms with Crippen LogP contribution in [0.25, 0.3) is 0 Å². The quantitative estimate of drug-likeness (QED) is 0.811. The number of nitrogens with zero attached hydrogens (tertiary/aromatic N) is 5. The molecule has 0 bridgehead atoms. The van der Waals surface area contributed by atoms with Crippen molar-refractivity contribution >= 4 is 11.5 Å². The number of aromatic nitrogens is 1. The van der Waals surface area contributed by atoms with Crippen LogP contribution in [0.15, 0.2) is 59.0 Å². The predicted octanol–water partition coefficient (Wildman–Crippen LogP) is 3.21. The van der Waals surface area contributed by atoms with Gasteiger partial charge < -0.3 is 4.90 Å². The topological polar surface area (TPSA) is 44.1 Å². The number of hydrogen-bond donors (Lipinski definition) is 0. The standard InChI is InChI=1S/C16H19N5/c1-14-5-7-15(8-6-14)18-19-21-12-10-20(11-13-21)16-4-2-3-9-17-16/h2-9H,10-13H2,1H3. The Morgan fingerprint density at radius 2 is 1.71 bits per heavy atom. The maximum absolute atomic E-state index is 4.38. The summed E-state index contributed by atoms with van der Waals surface area (Å²) in [5.41, 5.74) is 2.13. The highest BCUT2D eigenvalue weighted by Crippen LogP contribution is 2.16. The number of piperazine rings is 1. The van der Waals surface area contributed by atoms with E-state index in [9.17, 15) is 0 Å². The molecule has 2 aromatic rings. The van der Waals surface area contributed by atoms with Crippen molar-refractivity contribution in [3.8, 4) is 0 Å². The van der Waals surface area contributed by atoms with Crippen molar-refractivity contribution < 1.29 is 0 Å². The second kappa shape index (κ2) is 6.35. The number of benzene rings is 1. The fourth-order valence-corrected chi connectivity index (χ4v) is 2.28. The maximum atomic E-state index is 4.38. The van der Waals surface area contributed by atoms with Crippen LogP contribution < -0.4 is 4.90 Å². The molecule has 1 aromatic heterocycles. The summed E-state index contributed by atoms with van der Waals surface area (Å²) in [6, 6.07) is 14.1. The average Bonchev–Trinajstić information content (AvgIpc) is 2.56. The molecule has 0 atom stereocenters. The molecule has 108 valence electrons. The normalized spacial score (nSPS) is 15.7. The fourth-order valence-electron chi connectivity index (χ4n) is 2.28. The monoisotopic (exact) mass is 281 g/mol. The summed E-state index contributed by atoms with van der Waals surface area (Å²) in [5, 5.41) is 10.6. The Hall–Kier alpha value is -2.43. The van der Waals surface area contributed by atoms with E-state index >= 15 is 0 Å². The van der Waals surface area contributed by atoms with Crippen LogP contribution in [-0.4, -0.2) is 36.2 Å². The van der Waals surface area contributed by atoms with Crippen LogP contribution in [0.5, 0.6) is 0 Å². The van der Waals surface area contributed by atoms with Gasteiger partial charge in [0.05, 0.1) is 18.8 Å². The van der Waals surface area contributed by atoms with Gasteiger partial charge in [-0.3, -0.25) is 5.01 Å². The van der Waals surface area contributed by atoms with E-state index in [1.165, 1.54) is 5.56 Å². The van der Waals surface area contributed by atoms with E-state index in [4.69, 9.17) is 0 Å². The van der Waals surface area contributed by atoms with E-state index in [2.05, 4.69) is 27.1 Å². The second-order valence-corrected chi connectivity index (χ2v) is 5.15. The van der Waals surface area contributed by atoms with Crippen LogP contribution in [0.1, 0.15) is 5.56 Å². The van der Waals surface area contributed by atoms with Gasteiger partial charge in [0.2, 0.25) is 0 Å². The van der Waals surface area contributed by atoms with Crippen LogP contribution in [0.4, 0.5) is 11.5 Å². The summed E-state index contributed by atoms with van der Waals surface area (Å²) in [4.78, 5) is 6.66. The van der Waals surface area contributed by atoms with Crippen LogP contribution in [0.2, 0.25) is 0 Å². The van der Waals surface area contributed by atoms with E-state index < -0.39 is 0 Å². The lowest BCUT2D eigenvalue weighted by atomic mass is 10.2. The van der Waals surface area contributed by atoms with E-state index in [1.54, 1.807) is 0 Å². The molecule has 21 heavy (non-hydrogen) atoms. The summed E-state index contributed by atoms with van der Waals surface area (Å²) < 4.78 is 0. The van der Waals surface area contributed by atoms with E-state index in [-0.39, 0.29) is 0 Å². The first kappa shape index (κ1) is 13.5. The van der Waals surface area contributed by atoms with Gasteiger partial charge in [-0.1, -0.05) is 29.0 Å². The minimum Gasteiger partial charge on any atom is -0.353 e. The molecule has 0 N–H and O–H groups in total. The van der Waals surface area contributed by atoms with Gasteiger partial charge in [0.15, 0.2) is 0 Å². The molecule has 1 fully saturated rings. The molecule has 2 heterocycles. The summed E-state index contributed by atoms with van der Waals surface area (Å²) in [6.45, 7) is 5.64. The third-order valence-electron chi connectivity index (χ3n) is 3.55. The molecule has 0 amide bonds. The predicted molar refractivity (Wildman–Crippen MR) is 83.7 cm³/mol. The van der Waals surface area contributed by atoms with Crippen molar-refractivity contribution in [3.63, 3.8) is 0 Å². The van der Waals surface area contributed by atoms with Crippen molar-refractivity contribution in [2.75, 3.05) is 31.1 Å².